The number of carbonyl (C=O) groups is 3. The molecule has 0 saturated carbocycles. The van der Waals surface area contributed by atoms with Crippen molar-refractivity contribution >= 4 is 74.1 Å². The molecule has 2 atom stereocenters. The third kappa shape index (κ3) is 5.19. The van der Waals surface area contributed by atoms with Crippen LogP contribution in [0.15, 0.2) is 73.5 Å². The number of rotatable bonds is 8. The molecule has 0 spiro atoms. The van der Waals surface area contributed by atoms with Gasteiger partial charge in [0, 0.05) is 26.8 Å². The second-order valence-electron chi connectivity index (χ2n) is 8.10. The van der Waals surface area contributed by atoms with E-state index < -0.39 is 23.3 Å². The Morgan fingerprint density at radius 3 is 2.84 bits per heavy atom. The third-order valence-corrected chi connectivity index (χ3v) is 10.0. The van der Waals surface area contributed by atoms with Crippen molar-refractivity contribution in [3.8, 4) is 5.75 Å². The highest BCUT2D eigenvalue weighted by Gasteiger charge is 2.53. The maximum absolute atomic E-state index is 12.8. The van der Waals surface area contributed by atoms with Gasteiger partial charge in [0.1, 0.15) is 22.9 Å². The van der Waals surface area contributed by atoms with Crippen LogP contribution < -0.4 is 15.5 Å². The fourth-order valence-electron chi connectivity index (χ4n) is 4.05. The first-order chi connectivity index (χ1) is 17.9. The minimum absolute atomic E-state index is 0.0780. The summed E-state index contributed by atoms with van der Waals surface area (Å²) >= 11 is 5.61. The largest absolute Gasteiger partial charge is 0.497 e. The van der Waals surface area contributed by atoms with Crippen molar-refractivity contribution in [2.24, 2.45) is 0 Å². The zero-order valence-electron chi connectivity index (χ0n) is 19.3. The Labute approximate surface area is 228 Å². The lowest BCUT2D eigenvalue weighted by Crippen LogP contribution is -2.70. The first-order valence-corrected chi connectivity index (χ1v) is 14.7. The van der Waals surface area contributed by atoms with Gasteiger partial charge in [-0.15, -0.1) is 34.4 Å². The number of hydrogen-bond donors (Lipinski definition) is 2. The third-order valence-electron chi connectivity index (χ3n) is 5.80. The van der Waals surface area contributed by atoms with Gasteiger partial charge < -0.3 is 15.2 Å². The molecular weight excluding hydrogens is 553 g/mol. The van der Waals surface area contributed by atoms with Crippen LogP contribution in [-0.2, 0) is 20.8 Å². The Hall–Kier alpha value is -3.06. The lowest BCUT2D eigenvalue weighted by molar-refractivity contribution is -0.150. The highest BCUT2D eigenvalue weighted by Crippen LogP contribution is 2.41. The van der Waals surface area contributed by atoms with Gasteiger partial charge in [-0.05, 0) is 46.7 Å². The lowest BCUT2D eigenvalue weighted by atomic mass is 10.0. The summed E-state index contributed by atoms with van der Waals surface area (Å²) < 4.78 is 6.79. The number of methoxy groups -OCH3 is 1. The van der Waals surface area contributed by atoms with Crippen LogP contribution in [0, 0.1) is 0 Å². The smallest absolute Gasteiger partial charge is 0.352 e. The minimum Gasteiger partial charge on any atom is -0.497 e. The molecule has 0 radical (unpaired) electrons. The van der Waals surface area contributed by atoms with Gasteiger partial charge in [0.05, 0.1) is 17.7 Å². The molecule has 2 N–H and O–H groups in total. The van der Waals surface area contributed by atoms with Crippen LogP contribution >= 0.6 is 46.2 Å². The Balaban J connectivity index is 1.30. The molecule has 1 fully saturated rings. The summed E-state index contributed by atoms with van der Waals surface area (Å²) in [6.45, 7) is 0. The van der Waals surface area contributed by atoms with E-state index in [0.717, 1.165) is 13.8 Å². The van der Waals surface area contributed by atoms with Gasteiger partial charge in [0.25, 0.3) is 5.91 Å². The van der Waals surface area contributed by atoms with Gasteiger partial charge in [0.2, 0.25) is 5.91 Å². The number of carboxylic acids is 1. The van der Waals surface area contributed by atoms with Gasteiger partial charge in [-0.25, -0.2) is 4.79 Å². The van der Waals surface area contributed by atoms with Crippen molar-refractivity contribution in [3.05, 3.63) is 79.6 Å². The predicted octanol–water partition coefficient (Wildman–Crippen LogP) is 3.92. The predicted molar refractivity (Wildman–Crippen MR) is 147 cm³/mol. The molecule has 3 aromatic rings. The second kappa shape index (κ2) is 10.7. The van der Waals surface area contributed by atoms with Crippen molar-refractivity contribution in [2.45, 2.75) is 22.0 Å². The monoisotopic (exact) mass is 572 g/mol. The number of nitrogens with one attached hydrogen (secondary N) is 1. The topological polar surface area (TPSA) is 113 Å². The average Bonchev–Trinajstić information content (AvgIpc) is 3.39. The van der Waals surface area contributed by atoms with E-state index in [9.17, 15) is 24.3 Å². The molecular formula is C25H20N2O6S4. The Bertz CT molecular complexity index is 1510. The minimum atomic E-state index is -1.20. The van der Waals surface area contributed by atoms with Gasteiger partial charge in [-0.1, -0.05) is 17.8 Å². The first kappa shape index (κ1) is 25.6. The van der Waals surface area contributed by atoms with Crippen molar-refractivity contribution in [2.75, 3.05) is 12.9 Å². The van der Waals surface area contributed by atoms with Gasteiger partial charge in [-0.2, -0.15) is 0 Å². The molecule has 2 aliphatic rings. The number of ether oxygens (including phenoxy) is 1. The normalized spacial score (nSPS) is 19.2. The summed E-state index contributed by atoms with van der Waals surface area (Å²) in [4.78, 5) is 51.9. The number of aliphatic carboxylic acids is 1. The molecule has 2 amide bonds. The van der Waals surface area contributed by atoms with Crippen LogP contribution in [0.2, 0.25) is 0 Å². The Morgan fingerprint density at radius 2 is 2.11 bits per heavy atom. The maximum atomic E-state index is 12.8. The molecule has 5 rings (SSSR count). The summed E-state index contributed by atoms with van der Waals surface area (Å²) in [5.74, 6) is -0.874. The van der Waals surface area contributed by atoms with Crippen molar-refractivity contribution in [3.63, 3.8) is 0 Å². The van der Waals surface area contributed by atoms with E-state index in [2.05, 4.69) is 5.32 Å². The summed E-state index contributed by atoms with van der Waals surface area (Å²) in [6, 6.07) is 9.79. The van der Waals surface area contributed by atoms with Crippen LogP contribution in [-0.4, -0.2) is 52.1 Å². The fourth-order valence-corrected chi connectivity index (χ4v) is 8.08. The molecule has 1 saturated heterocycles. The molecule has 37 heavy (non-hydrogen) atoms. The van der Waals surface area contributed by atoms with Crippen molar-refractivity contribution < 1.29 is 24.2 Å². The molecule has 12 heteroatoms. The molecule has 0 bridgehead atoms. The zero-order chi connectivity index (χ0) is 26.1. The SMILES string of the molecule is COc1ccc2c(=O)cc(SC=CC3=C(C(=O)O)N4C(=O)C(NC(=O)Cc5cccs5)[C@@H]4SC3)sc2c1. The number of nitrogens with zero attached hydrogens (tertiary/aromatic N) is 1. The van der Waals surface area contributed by atoms with Crippen LogP contribution in [0.3, 0.4) is 0 Å². The number of carbonyl (C=O) groups excluding carboxylic acids is 2. The number of amides is 2. The molecule has 190 valence electrons. The quantitative estimate of drug-likeness (QED) is 0.309. The molecule has 2 aromatic heterocycles. The summed E-state index contributed by atoms with van der Waals surface area (Å²) in [5, 5.41) is 16.4. The van der Waals surface area contributed by atoms with Crippen molar-refractivity contribution in [1.29, 1.82) is 0 Å². The zero-order valence-corrected chi connectivity index (χ0v) is 22.6. The van der Waals surface area contributed by atoms with Gasteiger partial charge in [-0.3, -0.25) is 19.3 Å². The number of β-lactam (4-membered cyclic amide) rings is 1. The van der Waals surface area contributed by atoms with Crippen LogP contribution in [0.5, 0.6) is 5.75 Å². The number of fused-ring (bicyclic) bond motifs is 2. The van der Waals surface area contributed by atoms with Gasteiger partial charge >= 0.3 is 5.97 Å². The van der Waals surface area contributed by atoms with E-state index in [1.807, 2.05) is 23.6 Å². The first-order valence-electron chi connectivity index (χ1n) is 11.0. The lowest BCUT2D eigenvalue weighted by Gasteiger charge is -2.49. The van der Waals surface area contributed by atoms with Crippen molar-refractivity contribution in [1.82, 2.24) is 10.2 Å². The van der Waals surface area contributed by atoms with Crippen LogP contribution in [0.4, 0.5) is 0 Å². The van der Waals surface area contributed by atoms with E-state index in [1.54, 1.807) is 36.8 Å². The summed E-state index contributed by atoms with van der Waals surface area (Å²) in [7, 11) is 1.57. The van der Waals surface area contributed by atoms with Crippen LogP contribution in [0.1, 0.15) is 4.88 Å². The van der Waals surface area contributed by atoms with E-state index in [1.165, 1.54) is 51.1 Å². The molecule has 1 unspecified atom stereocenters. The highest BCUT2D eigenvalue weighted by molar-refractivity contribution is 8.04. The molecule has 1 aromatic carbocycles. The van der Waals surface area contributed by atoms with Crippen LogP contribution in [0.25, 0.3) is 10.1 Å². The Kier molecular flexibility index (Phi) is 7.43. The number of carboxylic acid groups (broad SMARTS) is 1. The summed E-state index contributed by atoms with van der Waals surface area (Å²) in [6.07, 6.45) is 1.85. The van der Waals surface area contributed by atoms with E-state index >= 15 is 0 Å². The standard InChI is InChI=1S/C25H20N2O6S4/c1-33-14-4-5-16-17(28)11-20(37-18(16)9-14)35-8-6-13-12-36-24-21(23(30)27(24)22(13)25(31)32)26-19(29)10-15-3-2-7-34-15/h2-9,11,21,24H,10,12H2,1H3,(H,26,29)(H,31,32)/t21?,24-/m0/s1. The number of hydrogen-bond acceptors (Lipinski definition) is 9. The average molecular weight is 573 g/mol. The molecule has 2 aliphatic heterocycles. The number of thioether (sulfide) groups is 2. The molecule has 4 heterocycles. The van der Waals surface area contributed by atoms with E-state index in [4.69, 9.17) is 4.74 Å². The molecule has 0 aliphatic carbocycles. The van der Waals surface area contributed by atoms with E-state index in [0.29, 0.717) is 22.5 Å². The number of allylic oxidation sites excluding steroid dienone is 1. The second-order valence-corrected chi connectivity index (χ2v) is 12.5. The number of benzene rings is 1. The highest BCUT2D eigenvalue weighted by atomic mass is 32.2. The maximum Gasteiger partial charge on any atom is 0.352 e. The van der Waals surface area contributed by atoms with Gasteiger partial charge in [0.15, 0.2) is 5.43 Å². The Morgan fingerprint density at radius 1 is 1.27 bits per heavy atom. The van der Waals surface area contributed by atoms with E-state index in [-0.39, 0.29) is 23.5 Å². The number of thiophene rings is 1. The fraction of sp³-hybridized carbons (Fsp3) is 0.200. The molecule has 8 nitrogen and oxygen atoms in total. The summed E-state index contributed by atoms with van der Waals surface area (Å²) in [5.41, 5.74) is 0.311.